The van der Waals surface area contributed by atoms with Gasteiger partial charge in [0.15, 0.2) is 0 Å². The van der Waals surface area contributed by atoms with Crippen molar-refractivity contribution in [2.24, 2.45) is 0 Å². The molecule has 1 aliphatic heterocycles. The second-order valence-corrected chi connectivity index (χ2v) is 6.51. The minimum atomic E-state index is -3.75. The van der Waals surface area contributed by atoms with E-state index < -0.39 is 10.3 Å². The second kappa shape index (κ2) is 4.61. The molecule has 0 fully saturated rings. The number of aryl methyl sites for hydroxylation is 1. The average Bonchev–Trinajstić information content (AvgIpc) is 2.41. The van der Waals surface area contributed by atoms with E-state index in [2.05, 4.69) is 0 Å². The van der Waals surface area contributed by atoms with Gasteiger partial charge in [0.05, 0.1) is 6.04 Å². The molecule has 2 aromatic carbocycles. The highest BCUT2D eigenvalue weighted by Crippen LogP contribution is 2.40. The molecule has 4 nitrogen and oxygen atoms in total. The predicted octanol–water partition coefficient (Wildman–Crippen LogP) is 2.65. The van der Waals surface area contributed by atoms with Crippen LogP contribution in [-0.4, -0.2) is 19.8 Å². The van der Waals surface area contributed by atoms with E-state index >= 15 is 0 Å². The molecule has 0 unspecified atom stereocenters. The number of nitrogens with zero attached hydrogens (tertiary/aromatic N) is 1. The van der Waals surface area contributed by atoms with Crippen LogP contribution in [0.15, 0.2) is 48.5 Å². The highest BCUT2D eigenvalue weighted by molar-refractivity contribution is 7.84. The third-order valence-corrected chi connectivity index (χ3v) is 4.82. The maximum absolute atomic E-state index is 12.1. The van der Waals surface area contributed by atoms with Gasteiger partial charge in [0.25, 0.3) is 0 Å². The first kappa shape index (κ1) is 13.1. The van der Waals surface area contributed by atoms with Gasteiger partial charge in [-0.05, 0) is 18.6 Å². The molecule has 0 saturated heterocycles. The average molecular weight is 289 g/mol. The Hall–Kier alpha value is -1.85. The summed E-state index contributed by atoms with van der Waals surface area (Å²) in [5, 5.41) is 0. The minimum Gasteiger partial charge on any atom is -0.370 e. The first-order chi connectivity index (χ1) is 9.49. The molecule has 0 amide bonds. The number of para-hydroxylation sites is 1. The van der Waals surface area contributed by atoms with Crippen molar-refractivity contribution in [3.63, 3.8) is 0 Å². The molecule has 0 radical (unpaired) electrons. The molecule has 0 bridgehead atoms. The maximum atomic E-state index is 12.1. The zero-order valence-corrected chi connectivity index (χ0v) is 12.1. The quantitative estimate of drug-likeness (QED) is 0.811. The van der Waals surface area contributed by atoms with Gasteiger partial charge in [-0.1, -0.05) is 48.0 Å². The molecule has 0 saturated carbocycles. The Labute approximate surface area is 118 Å². The van der Waals surface area contributed by atoms with Gasteiger partial charge >= 0.3 is 10.3 Å². The van der Waals surface area contributed by atoms with Gasteiger partial charge in [-0.3, -0.25) is 0 Å². The third kappa shape index (κ3) is 2.09. The predicted molar refractivity (Wildman–Crippen MR) is 76.8 cm³/mol. The van der Waals surface area contributed by atoms with Crippen LogP contribution in [0.5, 0.6) is 5.75 Å². The van der Waals surface area contributed by atoms with E-state index in [1.165, 1.54) is 11.4 Å². The van der Waals surface area contributed by atoms with E-state index in [1.807, 2.05) is 43.3 Å². The zero-order valence-electron chi connectivity index (χ0n) is 11.3. The Kier molecular flexibility index (Phi) is 3.03. The lowest BCUT2D eigenvalue weighted by Gasteiger charge is -2.33. The minimum absolute atomic E-state index is 0.356. The van der Waals surface area contributed by atoms with Gasteiger partial charge in [-0.2, -0.15) is 12.7 Å². The topological polar surface area (TPSA) is 46.6 Å². The summed E-state index contributed by atoms with van der Waals surface area (Å²) in [5.74, 6) is 0.399. The summed E-state index contributed by atoms with van der Waals surface area (Å²) >= 11 is 0. The summed E-state index contributed by atoms with van der Waals surface area (Å²) in [6.45, 7) is 2.00. The molecule has 5 heteroatoms. The van der Waals surface area contributed by atoms with Crippen molar-refractivity contribution in [1.82, 2.24) is 4.31 Å². The van der Waals surface area contributed by atoms with Gasteiger partial charge in [0.2, 0.25) is 0 Å². The van der Waals surface area contributed by atoms with E-state index in [9.17, 15) is 8.42 Å². The molecule has 2 aromatic rings. The lowest BCUT2D eigenvalue weighted by molar-refractivity contribution is 0.330. The van der Waals surface area contributed by atoms with Crippen LogP contribution in [0.3, 0.4) is 0 Å². The van der Waals surface area contributed by atoms with E-state index in [4.69, 9.17) is 4.18 Å². The largest absolute Gasteiger partial charge is 0.385 e. The van der Waals surface area contributed by atoms with Crippen molar-refractivity contribution in [3.05, 3.63) is 65.2 Å². The van der Waals surface area contributed by atoms with Crippen LogP contribution in [0.4, 0.5) is 0 Å². The zero-order chi connectivity index (χ0) is 14.3. The molecular weight excluding hydrogens is 274 g/mol. The summed E-state index contributed by atoms with van der Waals surface area (Å²) in [6, 6.07) is 14.7. The van der Waals surface area contributed by atoms with Crippen LogP contribution >= 0.6 is 0 Å². The Morgan fingerprint density at radius 2 is 1.70 bits per heavy atom. The Morgan fingerprint density at radius 3 is 2.40 bits per heavy atom. The fourth-order valence-corrected chi connectivity index (χ4v) is 3.41. The summed E-state index contributed by atoms with van der Waals surface area (Å²) in [7, 11) is -2.21. The van der Waals surface area contributed by atoms with Crippen LogP contribution in [-0.2, 0) is 10.3 Å². The van der Waals surface area contributed by atoms with Crippen molar-refractivity contribution in [2.45, 2.75) is 13.0 Å². The standard InChI is InChI=1S/C15H15NO3S/c1-11-7-9-12(10-8-11)15-13-5-3-4-6-14(13)19-20(17,18)16(15)2/h3-10,15H,1-2H3/t15-/m1/s1. The van der Waals surface area contributed by atoms with Crippen LogP contribution in [0.25, 0.3) is 0 Å². The highest BCUT2D eigenvalue weighted by atomic mass is 32.2. The SMILES string of the molecule is Cc1ccc([C@@H]2c3ccccc3OS(=O)(=O)N2C)cc1. The van der Waals surface area contributed by atoms with Gasteiger partial charge in [0.1, 0.15) is 5.75 Å². The lowest BCUT2D eigenvalue weighted by atomic mass is 9.97. The van der Waals surface area contributed by atoms with E-state index in [-0.39, 0.29) is 6.04 Å². The van der Waals surface area contributed by atoms with Gasteiger partial charge in [-0.15, -0.1) is 0 Å². The molecule has 1 aliphatic rings. The van der Waals surface area contributed by atoms with E-state index in [0.717, 1.165) is 16.7 Å². The molecule has 0 spiro atoms. The van der Waals surface area contributed by atoms with Gasteiger partial charge < -0.3 is 4.18 Å². The Bertz CT molecular complexity index is 738. The van der Waals surface area contributed by atoms with Crippen LogP contribution in [0.2, 0.25) is 0 Å². The monoisotopic (exact) mass is 289 g/mol. The van der Waals surface area contributed by atoms with Gasteiger partial charge in [-0.25, -0.2) is 0 Å². The molecule has 1 atom stereocenters. The molecule has 104 valence electrons. The van der Waals surface area contributed by atoms with Gasteiger partial charge in [0, 0.05) is 12.6 Å². The molecule has 20 heavy (non-hydrogen) atoms. The summed E-state index contributed by atoms with van der Waals surface area (Å²) in [4.78, 5) is 0. The summed E-state index contributed by atoms with van der Waals surface area (Å²) < 4.78 is 30.6. The first-order valence-corrected chi connectivity index (χ1v) is 7.68. The molecular formula is C15H15NO3S. The van der Waals surface area contributed by atoms with Crippen molar-refractivity contribution < 1.29 is 12.6 Å². The first-order valence-electron chi connectivity index (χ1n) is 6.32. The molecule has 1 heterocycles. The molecule has 3 rings (SSSR count). The number of hydrogen-bond acceptors (Lipinski definition) is 3. The van der Waals surface area contributed by atoms with Crippen LogP contribution in [0.1, 0.15) is 22.7 Å². The Balaban J connectivity index is 2.19. The summed E-state index contributed by atoms with van der Waals surface area (Å²) in [6.07, 6.45) is 0. The second-order valence-electron chi connectivity index (χ2n) is 4.91. The fourth-order valence-electron chi connectivity index (χ4n) is 2.42. The van der Waals surface area contributed by atoms with E-state index in [0.29, 0.717) is 5.75 Å². The van der Waals surface area contributed by atoms with Crippen molar-refractivity contribution in [1.29, 1.82) is 0 Å². The number of hydrogen-bond donors (Lipinski definition) is 0. The number of benzene rings is 2. The van der Waals surface area contributed by atoms with Crippen LogP contribution < -0.4 is 4.18 Å². The molecule has 0 aromatic heterocycles. The highest BCUT2D eigenvalue weighted by Gasteiger charge is 2.37. The van der Waals surface area contributed by atoms with E-state index in [1.54, 1.807) is 12.1 Å². The Morgan fingerprint density at radius 1 is 1.05 bits per heavy atom. The van der Waals surface area contributed by atoms with Crippen molar-refractivity contribution in [2.75, 3.05) is 7.05 Å². The fraction of sp³-hybridized carbons (Fsp3) is 0.200. The molecule has 0 aliphatic carbocycles. The van der Waals surface area contributed by atoms with Crippen molar-refractivity contribution in [3.8, 4) is 5.75 Å². The number of fused-ring (bicyclic) bond motifs is 1. The summed E-state index contributed by atoms with van der Waals surface area (Å²) in [5.41, 5.74) is 2.92. The van der Waals surface area contributed by atoms with Crippen LogP contribution in [0, 0.1) is 6.92 Å². The smallest absolute Gasteiger partial charge is 0.370 e. The van der Waals surface area contributed by atoms with Crippen molar-refractivity contribution >= 4 is 10.3 Å². The number of rotatable bonds is 1. The normalized spacial score (nSPS) is 21.0. The third-order valence-electron chi connectivity index (χ3n) is 3.52. The lowest BCUT2D eigenvalue weighted by Crippen LogP contribution is -2.39. The molecule has 0 N–H and O–H groups in total. The maximum Gasteiger partial charge on any atom is 0.385 e.